The Hall–Kier alpha value is -1.99. The lowest BCUT2D eigenvalue weighted by Gasteiger charge is -2.25. The Balaban J connectivity index is 1.44. The summed E-state index contributed by atoms with van der Waals surface area (Å²) < 4.78 is 6.01. The highest BCUT2D eigenvalue weighted by Gasteiger charge is 2.34. The number of likely N-dealkylation sites (N-methyl/N-ethyl adjacent to an activating group) is 1. The number of carbonyl (C=O) groups is 1. The Bertz CT molecular complexity index is 1090. The molecule has 2 aliphatic rings. The third-order valence-corrected chi connectivity index (χ3v) is 7.15. The molecule has 2 atom stereocenters. The summed E-state index contributed by atoms with van der Waals surface area (Å²) in [6.07, 6.45) is 0.538. The van der Waals surface area contributed by atoms with Gasteiger partial charge in [-0.15, -0.1) is 11.3 Å². The smallest absolute Gasteiger partial charge is 0.256 e. The summed E-state index contributed by atoms with van der Waals surface area (Å²) in [5.74, 6) is 1.28. The summed E-state index contributed by atoms with van der Waals surface area (Å²) in [4.78, 5) is 15.6. The Morgan fingerprint density at radius 3 is 2.86 bits per heavy atom. The van der Waals surface area contributed by atoms with Crippen LogP contribution in [0, 0.1) is 0 Å². The van der Waals surface area contributed by atoms with E-state index >= 15 is 0 Å². The molecule has 0 saturated carbocycles. The molecule has 1 aromatic carbocycles. The molecule has 0 aliphatic carbocycles. The zero-order valence-corrected chi connectivity index (χ0v) is 17.4. The molecule has 3 N–H and O–H groups in total. The standard InChI is InChI=1S/C20H17Cl2N3O2S/c1-25-7-6-11-16(9-25)28-20-17(11)19(26)23-18(24-20)15-5-4-14(27-15)10-2-3-12(21)13(22)8-10/h2-5,8,18,24H,6-7,9H2,1H3,(H,23,26)/p+1/t18-/m1/s1. The van der Waals surface area contributed by atoms with E-state index in [0.717, 1.165) is 35.6 Å². The summed E-state index contributed by atoms with van der Waals surface area (Å²) in [6, 6.07) is 9.10. The van der Waals surface area contributed by atoms with Crippen LogP contribution in [0.25, 0.3) is 11.3 Å². The van der Waals surface area contributed by atoms with Crippen molar-refractivity contribution in [2.75, 3.05) is 18.9 Å². The number of anilines is 1. The average Bonchev–Trinajstić information content (AvgIpc) is 3.28. The zero-order valence-electron chi connectivity index (χ0n) is 15.1. The summed E-state index contributed by atoms with van der Waals surface area (Å²) in [7, 11) is 2.19. The molecule has 28 heavy (non-hydrogen) atoms. The number of hydrogen-bond acceptors (Lipinski definition) is 4. The van der Waals surface area contributed by atoms with Gasteiger partial charge in [-0.25, -0.2) is 0 Å². The van der Waals surface area contributed by atoms with Crippen LogP contribution in [0.2, 0.25) is 10.0 Å². The van der Waals surface area contributed by atoms with Crippen LogP contribution >= 0.6 is 34.5 Å². The van der Waals surface area contributed by atoms with Crippen LogP contribution in [-0.4, -0.2) is 19.5 Å². The number of amides is 1. The molecule has 3 aromatic rings. The summed E-state index contributed by atoms with van der Waals surface area (Å²) >= 11 is 13.8. The number of benzene rings is 1. The second kappa shape index (κ2) is 6.81. The molecule has 1 unspecified atom stereocenters. The van der Waals surface area contributed by atoms with Crippen LogP contribution in [0.3, 0.4) is 0 Å². The summed E-state index contributed by atoms with van der Waals surface area (Å²) in [5, 5.41) is 8.37. The topological polar surface area (TPSA) is 58.7 Å². The highest BCUT2D eigenvalue weighted by molar-refractivity contribution is 7.16. The largest absolute Gasteiger partial charge is 0.457 e. The predicted octanol–water partition coefficient (Wildman–Crippen LogP) is 3.74. The highest BCUT2D eigenvalue weighted by atomic mass is 35.5. The predicted molar refractivity (Wildman–Crippen MR) is 111 cm³/mol. The number of nitrogens with one attached hydrogen (secondary N) is 3. The molecule has 0 saturated heterocycles. The number of halogens is 2. The first-order chi connectivity index (χ1) is 13.5. The van der Waals surface area contributed by atoms with E-state index in [2.05, 4.69) is 17.7 Å². The number of furan rings is 1. The van der Waals surface area contributed by atoms with Crippen LogP contribution in [0.5, 0.6) is 0 Å². The molecule has 4 heterocycles. The van der Waals surface area contributed by atoms with Crippen molar-refractivity contribution in [1.29, 1.82) is 0 Å². The van der Waals surface area contributed by atoms with Gasteiger partial charge >= 0.3 is 0 Å². The molecule has 5 rings (SSSR count). The minimum atomic E-state index is -0.401. The summed E-state index contributed by atoms with van der Waals surface area (Å²) in [6.45, 7) is 2.02. The Kier molecular flexibility index (Phi) is 4.39. The maximum Gasteiger partial charge on any atom is 0.256 e. The third kappa shape index (κ3) is 3.01. The van der Waals surface area contributed by atoms with Gasteiger partial charge in [0.2, 0.25) is 0 Å². The van der Waals surface area contributed by atoms with E-state index < -0.39 is 6.17 Å². The highest BCUT2D eigenvalue weighted by Crippen LogP contribution is 2.39. The van der Waals surface area contributed by atoms with Crippen LogP contribution in [0.1, 0.15) is 32.7 Å². The van der Waals surface area contributed by atoms with Gasteiger partial charge in [-0.05, 0) is 35.9 Å². The molecule has 0 bridgehead atoms. The fraction of sp³-hybridized carbons (Fsp3) is 0.250. The number of rotatable bonds is 2. The Morgan fingerprint density at radius 1 is 1.18 bits per heavy atom. The second-order valence-electron chi connectivity index (χ2n) is 7.22. The Morgan fingerprint density at radius 2 is 2.04 bits per heavy atom. The molecule has 8 heteroatoms. The minimum Gasteiger partial charge on any atom is -0.457 e. The van der Waals surface area contributed by atoms with Gasteiger partial charge in [0.25, 0.3) is 5.91 Å². The second-order valence-corrected chi connectivity index (χ2v) is 9.14. The molecule has 0 fully saturated rings. The number of hydrogen-bond donors (Lipinski definition) is 3. The van der Waals surface area contributed by atoms with Crippen LogP contribution in [0.4, 0.5) is 5.00 Å². The molecule has 1 amide bonds. The van der Waals surface area contributed by atoms with E-state index in [1.165, 1.54) is 15.3 Å². The van der Waals surface area contributed by atoms with Gasteiger partial charge in [-0.2, -0.15) is 0 Å². The molecular formula is C20H18Cl2N3O2S+. The molecule has 2 aromatic heterocycles. The average molecular weight is 435 g/mol. The van der Waals surface area contributed by atoms with Crippen molar-refractivity contribution >= 4 is 45.4 Å². The Labute approximate surface area is 176 Å². The summed E-state index contributed by atoms with van der Waals surface area (Å²) in [5.41, 5.74) is 2.84. The van der Waals surface area contributed by atoms with E-state index in [0.29, 0.717) is 21.6 Å². The monoisotopic (exact) mass is 434 g/mol. The first kappa shape index (κ1) is 18.1. The van der Waals surface area contributed by atoms with Crippen molar-refractivity contribution in [2.45, 2.75) is 19.1 Å². The maximum atomic E-state index is 12.8. The molecule has 0 spiro atoms. The van der Waals surface area contributed by atoms with Gasteiger partial charge in [0.15, 0.2) is 6.17 Å². The van der Waals surface area contributed by atoms with E-state index in [1.54, 1.807) is 23.5 Å². The van der Waals surface area contributed by atoms with Crippen molar-refractivity contribution in [3.8, 4) is 11.3 Å². The quantitative estimate of drug-likeness (QED) is 0.575. The molecule has 144 valence electrons. The van der Waals surface area contributed by atoms with Gasteiger partial charge in [0.1, 0.15) is 23.1 Å². The van der Waals surface area contributed by atoms with Gasteiger partial charge in [0.05, 0.1) is 34.1 Å². The van der Waals surface area contributed by atoms with Crippen LogP contribution < -0.4 is 15.5 Å². The van der Waals surface area contributed by atoms with Crippen molar-refractivity contribution in [3.63, 3.8) is 0 Å². The van der Waals surface area contributed by atoms with Crippen LogP contribution in [0.15, 0.2) is 34.7 Å². The van der Waals surface area contributed by atoms with Gasteiger partial charge in [-0.1, -0.05) is 23.2 Å². The van der Waals surface area contributed by atoms with Crippen LogP contribution in [-0.2, 0) is 13.0 Å². The normalized spacial score (nSPS) is 20.9. The number of carbonyl (C=O) groups excluding carboxylic acids is 1. The first-order valence-corrected chi connectivity index (χ1v) is 10.6. The zero-order chi connectivity index (χ0) is 19.4. The maximum absolute atomic E-state index is 12.8. The van der Waals surface area contributed by atoms with E-state index in [1.807, 2.05) is 18.2 Å². The third-order valence-electron chi connectivity index (χ3n) is 5.25. The van der Waals surface area contributed by atoms with Gasteiger partial charge in [-0.3, -0.25) is 4.79 Å². The lowest BCUT2D eigenvalue weighted by molar-refractivity contribution is -0.895. The van der Waals surface area contributed by atoms with Crippen molar-refractivity contribution in [1.82, 2.24) is 5.32 Å². The van der Waals surface area contributed by atoms with Crippen molar-refractivity contribution in [3.05, 3.63) is 62.1 Å². The molecule has 2 aliphatic heterocycles. The molecular weight excluding hydrogens is 417 g/mol. The van der Waals surface area contributed by atoms with Crippen molar-refractivity contribution < 1.29 is 14.1 Å². The van der Waals surface area contributed by atoms with E-state index in [9.17, 15) is 4.79 Å². The number of fused-ring (bicyclic) bond motifs is 3. The number of thiophene rings is 1. The van der Waals surface area contributed by atoms with Gasteiger partial charge < -0.3 is 20.0 Å². The van der Waals surface area contributed by atoms with E-state index in [-0.39, 0.29) is 5.91 Å². The fourth-order valence-electron chi connectivity index (χ4n) is 3.79. The number of quaternary nitrogens is 1. The lowest BCUT2D eigenvalue weighted by Crippen LogP contribution is -3.08. The first-order valence-electron chi connectivity index (χ1n) is 9.08. The minimum absolute atomic E-state index is 0.0386. The SMILES string of the molecule is C[NH+]1CCc2c(sc3c2C(=O)N[C@@H](c2ccc(-c4ccc(Cl)c(Cl)c4)o2)N3)C1. The molecule has 0 radical (unpaired) electrons. The molecule has 5 nitrogen and oxygen atoms in total. The van der Waals surface area contributed by atoms with Gasteiger partial charge in [0, 0.05) is 12.0 Å². The fourth-order valence-corrected chi connectivity index (χ4v) is 5.47. The lowest BCUT2D eigenvalue weighted by atomic mass is 10.0. The van der Waals surface area contributed by atoms with Crippen molar-refractivity contribution in [2.24, 2.45) is 0 Å². The van der Waals surface area contributed by atoms with E-state index in [4.69, 9.17) is 27.6 Å².